The molecule has 1 atom stereocenters. The highest BCUT2D eigenvalue weighted by Crippen LogP contribution is 2.31. The van der Waals surface area contributed by atoms with Crippen LogP contribution in [0.3, 0.4) is 0 Å². The Hall–Kier alpha value is -3.56. The van der Waals surface area contributed by atoms with Gasteiger partial charge in [0.05, 0.1) is 10.6 Å². The number of carbonyl (C=O) groups is 2. The van der Waals surface area contributed by atoms with Gasteiger partial charge in [-0.2, -0.15) is 0 Å². The third-order valence-corrected chi connectivity index (χ3v) is 11.1. The first kappa shape index (κ1) is 34.8. The van der Waals surface area contributed by atoms with Crippen molar-refractivity contribution >= 4 is 62.3 Å². The van der Waals surface area contributed by atoms with Crippen LogP contribution in [0.15, 0.2) is 102 Å². The largest absolute Gasteiger partial charge is 0.352 e. The van der Waals surface area contributed by atoms with E-state index in [1.165, 1.54) is 17.0 Å². The van der Waals surface area contributed by atoms with Crippen molar-refractivity contribution in [2.45, 2.75) is 62.6 Å². The molecule has 4 aromatic carbocycles. The third-order valence-electron chi connectivity index (χ3n) is 8.40. The number of rotatable bonds is 12. The van der Waals surface area contributed by atoms with Crippen LogP contribution < -0.4 is 9.62 Å². The highest BCUT2D eigenvalue weighted by atomic mass is 35.5. The Balaban J connectivity index is 1.61. The van der Waals surface area contributed by atoms with E-state index >= 15 is 0 Å². The van der Waals surface area contributed by atoms with E-state index in [4.69, 9.17) is 34.8 Å². The number of aryl methyl sites for hydroxylation is 1. The summed E-state index contributed by atoms with van der Waals surface area (Å²) in [4.78, 5) is 30.3. The lowest BCUT2D eigenvalue weighted by Crippen LogP contribution is -2.54. The summed E-state index contributed by atoms with van der Waals surface area (Å²) in [6, 6.07) is 26.2. The van der Waals surface area contributed by atoms with E-state index in [0.717, 1.165) is 35.6 Å². The van der Waals surface area contributed by atoms with Gasteiger partial charge in [-0.15, -0.1) is 0 Å². The molecular formula is C36H36Cl3N3O4S. The molecule has 5 rings (SSSR count). The van der Waals surface area contributed by atoms with Gasteiger partial charge in [-0.3, -0.25) is 13.9 Å². The van der Waals surface area contributed by atoms with Gasteiger partial charge in [-0.25, -0.2) is 8.42 Å². The number of benzene rings is 4. The molecule has 11 heteroatoms. The van der Waals surface area contributed by atoms with E-state index in [0.29, 0.717) is 26.2 Å². The van der Waals surface area contributed by atoms with Crippen molar-refractivity contribution in [2.24, 2.45) is 0 Å². The first-order valence-corrected chi connectivity index (χ1v) is 18.0. The summed E-state index contributed by atoms with van der Waals surface area (Å²) in [5.41, 5.74) is 2.14. The first-order chi connectivity index (χ1) is 22.5. The third kappa shape index (κ3) is 8.49. The first-order valence-electron chi connectivity index (χ1n) is 15.4. The number of anilines is 1. The van der Waals surface area contributed by atoms with Crippen LogP contribution in [0.5, 0.6) is 0 Å². The molecule has 0 unspecified atom stereocenters. The summed E-state index contributed by atoms with van der Waals surface area (Å²) in [7, 11) is -4.24. The molecule has 0 aliphatic heterocycles. The second-order valence-corrected chi connectivity index (χ2v) is 14.8. The van der Waals surface area contributed by atoms with Crippen molar-refractivity contribution < 1.29 is 18.0 Å². The van der Waals surface area contributed by atoms with Gasteiger partial charge in [0.25, 0.3) is 10.0 Å². The smallest absolute Gasteiger partial charge is 0.264 e. The Morgan fingerprint density at radius 2 is 1.47 bits per heavy atom. The minimum absolute atomic E-state index is 0.00620. The number of carbonyl (C=O) groups excluding carboxylic acids is 2. The number of sulfonamides is 1. The second kappa shape index (κ2) is 15.6. The molecule has 1 aliphatic rings. The van der Waals surface area contributed by atoms with E-state index in [1.54, 1.807) is 61.5 Å². The molecule has 0 saturated heterocycles. The predicted molar refractivity (Wildman–Crippen MR) is 189 cm³/mol. The topological polar surface area (TPSA) is 86.8 Å². The Morgan fingerprint density at radius 1 is 0.851 bits per heavy atom. The number of hydrogen-bond acceptors (Lipinski definition) is 4. The van der Waals surface area contributed by atoms with Crippen LogP contribution >= 0.6 is 34.8 Å². The maximum atomic E-state index is 14.7. The summed E-state index contributed by atoms with van der Waals surface area (Å²) in [6.45, 7) is 1.02. The SMILES string of the molecule is Cc1cc(Cl)ccc1N(CC(=O)N(Cc1c(Cl)cccc1Cl)[C@H](Cc1ccccc1)C(=O)NC1CCCC1)S(=O)(=O)c1ccccc1. The van der Waals surface area contributed by atoms with Crippen LogP contribution in [0.4, 0.5) is 5.69 Å². The summed E-state index contributed by atoms with van der Waals surface area (Å²) < 4.78 is 29.5. The Kier molecular flexibility index (Phi) is 11.5. The fourth-order valence-corrected chi connectivity index (χ4v) is 8.15. The second-order valence-electron chi connectivity index (χ2n) is 11.7. The van der Waals surface area contributed by atoms with Gasteiger partial charge >= 0.3 is 0 Å². The fraction of sp³-hybridized carbons (Fsp3) is 0.278. The van der Waals surface area contributed by atoms with Crippen molar-refractivity contribution in [3.63, 3.8) is 0 Å². The van der Waals surface area contributed by atoms with Crippen molar-refractivity contribution in [2.75, 3.05) is 10.8 Å². The summed E-state index contributed by atoms with van der Waals surface area (Å²) in [5.74, 6) is -0.922. The molecule has 1 saturated carbocycles. The average molecular weight is 713 g/mol. The molecule has 7 nitrogen and oxygen atoms in total. The molecule has 2 amide bonds. The molecule has 0 bridgehead atoms. The Bertz CT molecular complexity index is 1800. The van der Waals surface area contributed by atoms with Crippen molar-refractivity contribution in [1.82, 2.24) is 10.2 Å². The summed E-state index contributed by atoms with van der Waals surface area (Å²) >= 11 is 19.5. The summed E-state index contributed by atoms with van der Waals surface area (Å²) in [6.07, 6.45) is 3.93. The zero-order valence-electron chi connectivity index (χ0n) is 25.9. The molecule has 0 heterocycles. The predicted octanol–water partition coefficient (Wildman–Crippen LogP) is 7.85. The number of amides is 2. The van der Waals surface area contributed by atoms with Crippen molar-refractivity contribution in [1.29, 1.82) is 0 Å². The van der Waals surface area contributed by atoms with E-state index in [9.17, 15) is 18.0 Å². The van der Waals surface area contributed by atoms with E-state index in [1.807, 2.05) is 30.3 Å². The van der Waals surface area contributed by atoms with Gasteiger partial charge < -0.3 is 10.2 Å². The van der Waals surface area contributed by atoms with Crippen molar-refractivity contribution in [3.8, 4) is 0 Å². The quantitative estimate of drug-likeness (QED) is 0.162. The van der Waals surface area contributed by atoms with E-state index < -0.39 is 28.5 Å². The maximum Gasteiger partial charge on any atom is 0.264 e. The van der Waals surface area contributed by atoms with E-state index in [2.05, 4.69) is 5.32 Å². The van der Waals surface area contributed by atoms with Crippen LogP contribution in [0.2, 0.25) is 15.1 Å². The molecule has 1 fully saturated rings. The Labute approximate surface area is 291 Å². The molecule has 1 aliphatic carbocycles. The van der Waals surface area contributed by atoms with Gasteiger partial charge in [0.15, 0.2) is 0 Å². The van der Waals surface area contributed by atoms with Crippen LogP contribution in [0.25, 0.3) is 0 Å². The van der Waals surface area contributed by atoms with Crippen LogP contribution in [-0.2, 0) is 32.6 Å². The monoisotopic (exact) mass is 711 g/mol. The zero-order valence-corrected chi connectivity index (χ0v) is 29.0. The molecule has 246 valence electrons. The van der Waals surface area contributed by atoms with Gasteiger partial charge in [-0.05, 0) is 73.4 Å². The Morgan fingerprint density at radius 3 is 2.09 bits per heavy atom. The van der Waals surface area contributed by atoms with Gasteiger partial charge in [0.2, 0.25) is 11.8 Å². The van der Waals surface area contributed by atoms with Crippen LogP contribution in [0, 0.1) is 6.92 Å². The van der Waals surface area contributed by atoms with Crippen LogP contribution in [-0.4, -0.2) is 43.8 Å². The molecular weight excluding hydrogens is 677 g/mol. The minimum Gasteiger partial charge on any atom is -0.352 e. The lowest BCUT2D eigenvalue weighted by molar-refractivity contribution is -0.140. The highest BCUT2D eigenvalue weighted by molar-refractivity contribution is 7.92. The molecule has 4 aromatic rings. The summed E-state index contributed by atoms with van der Waals surface area (Å²) in [5, 5.41) is 4.24. The number of hydrogen-bond donors (Lipinski definition) is 1. The molecule has 0 aromatic heterocycles. The highest BCUT2D eigenvalue weighted by Gasteiger charge is 2.36. The fourth-order valence-electron chi connectivity index (χ4n) is 5.91. The molecule has 1 N–H and O–H groups in total. The van der Waals surface area contributed by atoms with Crippen LogP contribution in [0.1, 0.15) is 42.4 Å². The number of nitrogens with one attached hydrogen (secondary N) is 1. The van der Waals surface area contributed by atoms with Gasteiger partial charge in [0.1, 0.15) is 12.6 Å². The maximum absolute atomic E-state index is 14.7. The molecule has 47 heavy (non-hydrogen) atoms. The van der Waals surface area contributed by atoms with Crippen molar-refractivity contribution in [3.05, 3.63) is 129 Å². The van der Waals surface area contributed by atoms with Gasteiger partial charge in [0, 0.05) is 39.6 Å². The zero-order chi connectivity index (χ0) is 33.6. The molecule has 0 radical (unpaired) electrons. The lowest BCUT2D eigenvalue weighted by atomic mass is 10.0. The van der Waals surface area contributed by atoms with Gasteiger partial charge in [-0.1, -0.05) is 102 Å². The minimum atomic E-state index is -4.24. The normalized spacial score (nSPS) is 14.0. The molecule has 0 spiro atoms. The standard InChI is InChI=1S/C36H36Cl3N3O4S/c1-25-21-27(37)19-20-33(25)42(47(45,46)29-15-6-3-7-16-29)24-35(43)41(23-30-31(38)17-10-18-32(30)39)34(22-26-11-4-2-5-12-26)36(44)40-28-13-8-9-14-28/h2-7,10-12,15-21,28,34H,8-9,13-14,22-24H2,1H3,(H,40,44)/t34-/m1/s1. The number of halogens is 3. The average Bonchev–Trinajstić information content (AvgIpc) is 3.57. The number of nitrogens with zero attached hydrogens (tertiary/aromatic N) is 2. The van der Waals surface area contributed by atoms with E-state index in [-0.39, 0.29) is 35.5 Å². The lowest BCUT2D eigenvalue weighted by Gasteiger charge is -2.35.